The lowest BCUT2D eigenvalue weighted by Gasteiger charge is -2.00. The van der Waals surface area contributed by atoms with Crippen LogP contribution in [0.25, 0.3) is 10.6 Å². The maximum absolute atomic E-state index is 4.32. The zero-order chi connectivity index (χ0) is 12.9. The Labute approximate surface area is 115 Å². The largest absolute Gasteiger partial charge is 0.244 e. The quantitative estimate of drug-likeness (QED) is 0.598. The van der Waals surface area contributed by atoms with Crippen LogP contribution in [0.4, 0.5) is 11.4 Å². The molecule has 2 aromatic carbocycles. The molecule has 19 heavy (non-hydrogen) atoms. The zero-order valence-corrected chi connectivity index (χ0v) is 10.9. The summed E-state index contributed by atoms with van der Waals surface area (Å²) in [6, 6.07) is 17.6. The average Bonchev–Trinajstić information content (AvgIpc) is 3.01. The molecule has 0 radical (unpaired) electrons. The summed E-state index contributed by atoms with van der Waals surface area (Å²) in [5.41, 5.74) is 2.69. The van der Waals surface area contributed by atoms with E-state index in [2.05, 4.69) is 15.2 Å². The third-order valence-electron chi connectivity index (χ3n) is 2.60. The molecule has 1 aromatic heterocycles. The fraction of sp³-hybridized carbons (Fsp3) is 0. The predicted molar refractivity (Wildman–Crippen MR) is 78.2 cm³/mol. The molecule has 0 aliphatic heterocycles. The first-order valence-corrected chi connectivity index (χ1v) is 6.77. The Morgan fingerprint density at radius 1 is 0.842 bits per heavy atom. The van der Waals surface area contributed by atoms with Crippen LogP contribution in [-0.4, -0.2) is 4.98 Å². The number of hydrogen-bond acceptors (Lipinski definition) is 4. The van der Waals surface area contributed by atoms with Gasteiger partial charge in [-0.3, -0.25) is 0 Å². The first kappa shape index (κ1) is 11.7. The Hall–Kier alpha value is -2.33. The molecule has 0 aliphatic rings. The minimum Gasteiger partial charge on any atom is -0.244 e. The lowest BCUT2D eigenvalue weighted by Crippen LogP contribution is -1.76. The summed E-state index contributed by atoms with van der Waals surface area (Å²) in [7, 11) is 0. The molecule has 3 rings (SSSR count). The van der Waals surface area contributed by atoms with Crippen molar-refractivity contribution in [3.05, 3.63) is 66.2 Å². The van der Waals surface area contributed by atoms with Crippen LogP contribution < -0.4 is 0 Å². The molecule has 3 aromatic rings. The molecule has 0 N–H and O–H groups in total. The van der Waals surface area contributed by atoms with Crippen LogP contribution in [0, 0.1) is 0 Å². The van der Waals surface area contributed by atoms with E-state index in [1.54, 1.807) is 17.5 Å². The first-order chi connectivity index (χ1) is 9.43. The molecule has 92 valence electrons. The predicted octanol–water partition coefficient (Wildman–Crippen LogP) is 5.23. The van der Waals surface area contributed by atoms with Gasteiger partial charge in [0, 0.05) is 17.1 Å². The van der Waals surface area contributed by atoms with Crippen molar-refractivity contribution < 1.29 is 0 Å². The van der Waals surface area contributed by atoms with Gasteiger partial charge in [0.15, 0.2) is 0 Å². The SMILES string of the molecule is c1ccc(/N=N/c2ccccc2-c2nccs2)cc1. The Bertz CT molecular complexity index is 676. The summed E-state index contributed by atoms with van der Waals surface area (Å²) in [5.74, 6) is 0. The van der Waals surface area contributed by atoms with Crippen LogP contribution in [-0.2, 0) is 0 Å². The minimum atomic E-state index is 0.835. The summed E-state index contributed by atoms with van der Waals surface area (Å²) in [6.07, 6.45) is 1.80. The second-order valence-corrected chi connectivity index (χ2v) is 4.78. The Balaban J connectivity index is 1.96. The third kappa shape index (κ3) is 2.74. The molecule has 0 saturated heterocycles. The van der Waals surface area contributed by atoms with Crippen LogP contribution in [0.2, 0.25) is 0 Å². The van der Waals surface area contributed by atoms with Crippen molar-refractivity contribution in [2.24, 2.45) is 10.2 Å². The summed E-state index contributed by atoms with van der Waals surface area (Å²) < 4.78 is 0. The van der Waals surface area contributed by atoms with Gasteiger partial charge < -0.3 is 0 Å². The van der Waals surface area contributed by atoms with Gasteiger partial charge in [-0.25, -0.2) is 4.98 Å². The molecule has 0 saturated carbocycles. The molecule has 1 heterocycles. The van der Waals surface area contributed by atoms with E-state index in [1.165, 1.54) is 0 Å². The smallest absolute Gasteiger partial charge is 0.125 e. The molecule has 3 nitrogen and oxygen atoms in total. The van der Waals surface area contributed by atoms with Crippen LogP contribution in [0.5, 0.6) is 0 Å². The highest BCUT2D eigenvalue weighted by Crippen LogP contribution is 2.32. The van der Waals surface area contributed by atoms with Crippen molar-refractivity contribution in [2.75, 3.05) is 0 Å². The van der Waals surface area contributed by atoms with Crippen LogP contribution in [0.3, 0.4) is 0 Å². The van der Waals surface area contributed by atoms with Gasteiger partial charge in [-0.05, 0) is 24.3 Å². The minimum absolute atomic E-state index is 0.835. The topological polar surface area (TPSA) is 37.6 Å². The van der Waals surface area contributed by atoms with E-state index in [-0.39, 0.29) is 0 Å². The molecule has 0 aliphatic carbocycles. The fourth-order valence-corrected chi connectivity index (χ4v) is 2.38. The number of nitrogens with zero attached hydrogens (tertiary/aromatic N) is 3. The van der Waals surface area contributed by atoms with E-state index < -0.39 is 0 Å². The number of aromatic nitrogens is 1. The maximum atomic E-state index is 4.32. The van der Waals surface area contributed by atoms with E-state index in [0.29, 0.717) is 0 Å². The van der Waals surface area contributed by atoms with Gasteiger partial charge in [-0.1, -0.05) is 30.3 Å². The summed E-state index contributed by atoms with van der Waals surface area (Å²) in [4.78, 5) is 4.32. The van der Waals surface area contributed by atoms with E-state index in [1.807, 2.05) is 60.0 Å². The first-order valence-electron chi connectivity index (χ1n) is 5.89. The number of hydrogen-bond donors (Lipinski definition) is 0. The standard InChI is InChI=1S/C15H11N3S/c1-2-6-12(7-3-1)17-18-14-9-5-4-8-13(14)15-16-10-11-19-15/h1-11H/b18-17+. The number of benzene rings is 2. The van der Waals surface area contributed by atoms with Crippen LogP contribution >= 0.6 is 11.3 Å². The van der Waals surface area contributed by atoms with Crippen molar-refractivity contribution in [2.45, 2.75) is 0 Å². The van der Waals surface area contributed by atoms with Gasteiger partial charge in [0.2, 0.25) is 0 Å². The molecule has 0 spiro atoms. The molecular formula is C15H11N3S. The molecule has 4 heteroatoms. The monoisotopic (exact) mass is 265 g/mol. The van der Waals surface area contributed by atoms with Gasteiger partial charge >= 0.3 is 0 Å². The second-order valence-electron chi connectivity index (χ2n) is 3.89. The summed E-state index contributed by atoms with van der Waals surface area (Å²) in [5, 5.41) is 11.5. The van der Waals surface area contributed by atoms with Crippen molar-refractivity contribution in [1.29, 1.82) is 0 Å². The van der Waals surface area contributed by atoms with E-state index in [0.717, 1.165) is 21.9 Å². The number of azo groups is 1. The highest BCUT2D eigenvalue weighted by Gasteiger charge is 2.05. The summed E-state index contributed by atoms with van der Waals surface area (Å²) >= 11 is 1.60. The number of rotatable bonds is 3. The van der Waals surface area contributed by atoms with Gasteiger partial charge in [-0.2, -0.15) is 5.11 Å². The van der Waals surface area contributed by atoms with Gasteiger partial charge in [0.1, 0.15) is 5.01 Å². The van der Waals surface area contributed by atoms with E-state index in [4.69, 9.17) is 0 Å². The van der Waals surface area contributed by atoms with E-state index in [9.17, 15) is 0 Å². The Morgan fingerprint density at radius 3 is 2.42 bits per heavy atom. The Kier molecular flexibility index (Phi) is 3.42. The van der Waals surface area contributed by atoms with Crippen molar-refractivity contribution in [3.8, 4) is 10.6 Å². The molecule has 0 amide bonds. The molecular weight excluding hydrogens is 254 g/mol. The highest BCUT2D eigenvalue weighted by atomic mass is 32.1. The van der Waals surface area contributed by atoms with E-state index >= 15 is 0 Å². The lowest BCUT2D eigenvalue weighted by atomic mass is 10.2. The van der Waals surface area contributed by atoms with Gasteiger partial charge in [-0.15, -0.1) is 16.5 Å². The third-order valence-corrected chi connectivity index (χ3v) is 3.40. The summed E-state index contributed by atoms with van der Waals surface area (Å²) in [6.45, 7) is 0. The zero-order valence-electron chi connectivity index (χ0n) is 10.1. The number of thiazole rings is 1. The lowest BCUT2D eigenvalue weighted by molar-refractivity contribution is 1.23. The van der Waals surface area contributed by atoms with Crippen molar-refractivity contribution >= 4 is 22.7 Å². The fourth-order valence-electron chi connectivity index (χ4n) is 1.70. The maximum Gasteiger partial charge on any atom is 0.125 e. The van der Waals surface area contributed by atoms with Gasteiger partial charge in [0.05, 0.1) is 11.4 Å². The normalized spacial score (nSPS) is 10.9. The van der Waals surface area contributed by atoms with Crippen LogP contribution in [0.1, 0.15) is 0 Å². The second kappa shape index (κ2) is 5.54. The molecule has 0 unspecified atom stereocenters. The van der Waals surface area contributed by atoms with Crippen molar-refractivity contribution in [3.63, 3.8) is 0 Å². The Morgan fingerprint density at radius 2 is 1.63 bits per heavy atom. The van der Waals surface area contributed by atoms with Crippen molar-refractivity contribution in [1.82, 2.24) is 4.98 Å². The van der Waals surface area contributed by atoms with Gasteiger partial charge in [0.25, 0.3) is 0 Å². The van der Waals surface area contributed by atoms with Crippen LogP contribution in [0.15, 0.2) is 76.4 Å². The molecule has 0 bridgehead atoms. The molecule has 0 fully saturated rings. The highest BCUT2D eigenvalue weighted by molar-refractivity contribution is 7.13. The molecule has 0 atom stereocenters. The average molecular weight is 265 g/mol.